The lowest BCUT2D eigenvalue weighted by molar-refractivity contribution is -0.0789. The Balaban J connectivity index is 1.55. The van der Waals surface area contributed by atoms with Crippen LogP contribution in [0.2, 0.25) is 0 Å². The summed E-state index contributed by atoms with van der Waals surface area (Å²) in [5, 5.41) is 3.31. The SMILES string of the molecule is CC(C)(C)OC(=O)N1CC2(C1)CN([C@@H]1CCCNC1)C(=O)O2. The normalized spacial score (nSPS) is 27.6. The van der Waals surface area contributed by atoms with Crippen molar-refractivity contribution < 1.29 is 19.1 Å². The molecular weight excluding hydrogens is 286 g/mol. The summed E-state index contributed by atoms with van der Waals surface area (Å²) < 4.78 is 10.9. The molecule has 3 aliphatic rings. The van der Waals surface area contributed by atoms with Gasteiger partial charge >= 0.3 is 12.2 Å². The first-order valence-electron chi connectivity index (χ1n) is 7.96. The maximum atomic E-state index is 12.1. The van der Waals surface area contributed by atoms with Crippen LogP contribution < -0.4 is 5.32 Å². The van der Waals surface area contributed by atoms with Crippen molar-refractivity contribution in [1.29, 1.82) is 0 Å². The second kappa shape index (κ2) is 5.30. The summed E-state index contributed by atoms with van der Waals surface area (Å²) in [5.41, 5.74) is -1.04. The number of hydrogen-bond donors (Lipinski definition) is 1. The molecule has 0 aromatic heterocycles. The van der Waals surface area contributed by atoms with E-state index in [4.69, 9.17) is 9.47 Å². The predicted octanol–water partition coefficient (Wildman–Crippen LogP) is 1.18. The van der Waals surface area contributed by atoms with Gasteiger partial charge in [-0.3, -0.25) is 9.80 Å². The predicted molar refractivity (Wildman–Crippen MR) is 79.6 cm³/mol. The number of nitrogens with zero attached hydrogens (tertiary/aromatic N) is 2. The lowest BCUT2D eigenvalue weighted by atomic mass is 9.93. The summed E-state index contributed by atoms with van der Waals surface area (Å²) in [5.74, 6) is 0. The molecular formula is C15H25N3O4. The first-order chi connectivity index (χ1) is 10.3. The number of hydrogen-bond acceptors (Lipinski definition) is 5. The van der Waals surface area contributed by atoms with Crippen molar-refractivity contribution >= 4 is 12.2 Å². The van der Waals surface area contributed by atoms with Crippen molar-refractivity contribution in [3.8, 4) is 0 Å². The first-order valence-corrected chi connectivity index (χ1v) is 7.96. The molecule has 0 unspecified atom stereocenters. The molecule has 1 spiro atoms. The molecule has 1 N–H and O–H groups in total. The highest BCUT2D eigenvalue weighted by molar-refractivity contribution is 5.74. The standard InChI is InChI=1S/C15H25N3O4/c1-14(2,3)21-12(19)17-8-15(9-17)10-18(13(20)22-15)11-5-4-6-16-7-11/h11,16H,4-10H2,1-3H3/t11-/m1/s1. The third kappa shape index (κ3) is 2.99. The number of carbonyl (C=O) groups excluding carboxylic acids is 2. The Morgan fingerprint density at radius 3 is 2.68 bits per heavy atom. The lowest BCUT2D eigenvalue weighted by Crippen LogP contribution is -2.66. The van der Waals surface area contributed by atoms with Gasteiger partial charge in [0.15, 0.2) is 5.60 Å². The first kappa shape index (κ1) is 15.4. The molecule has 0 saturated carbocycles. The third-order valence-electron chi connectivity index (χ3n) is 4.32. The molecule has 0 aromatic carbocycles. The van der Waals surface area contributed by atoms with E-state index < -0.39 is 11.2 Å². The quantitative estimate of drug-likeness (QED) is 0.787. The Kier molecular flexibility index (Phi) is 3.71. The van der Waals surface area contributed by atoms with E-state index in [1.165, 1.54) is 0 Å². The van der Waals surface area contributed by atoms with E-state index in [1.54, 1.807) is 4.90 Å². The van der Waals surface area contributed by atoms with E-state index in [0.717, 1.165) is 25.9 Å². The highest BCUT2D eigenvalue weighted by Crippen LogP contribution is 2.35. The Morgan fingerprint density at radius 2 is 2.09 bits per heavy atom. The smallest absolute Gasteiger partial charge is 0.410 e. The fourth-order valence-electron chi connectivity index (χ4n) is 3.30. The summed E-state index contributed by atoms with van der Waals surface area (Å²) in [7, 11) is 0. The number of rotatable bonds is 1. The molecule has 3 saturated heterocycles. The van der Waals surface area contributed by atoms with Crippen LogP contribution >= 0.6 is 0 Å². The molecule has 7 nitrogen and oxygen atoms in total. The van der Waals surface area contributed by atoms with Crippen LogP contribution in [0.25, 0.3) is 0 Å². The van der Waals surface area contributed by atoms with Gasteiger partial charge in [0.05, 0.1) is 19.6 Å². The zero-order valence-corrected chi connectivity index (χ0v) is 13.6. The van der Waals surface area contributed by atoms with E-state index in [0.29, 0.717) is 19.6 Å². The van der Waals surface area contributed by atoms with E-state index in [2.05, 4.69) is 5.32 Å². The lowest BCUT2D eigenvalue weighted by Gasteiger charge is -2.45. The molecule has 1 atom stereocenters. The molecule has 0 bridgehead atoms. The molecule has 124 valence electrons. The Morgan fingerprint density at radius 1 is 1.36 bits per heavy atom. The molecule has 3 aliphatic heterocycles. The second-order valence-corrected chi connectivity index (χ2v) is 7.52. The molecule has 7 heteroatoms. The molecule has 2 amide bonds. The van der Waals surface area contributed by atoms with Gasteiger partial charge in [-0.05, 0) is 40.2 Å². The minimum absolute atomic E-state index is 0.205. The molecule has 3 fully saturated rings. The maximum absolute atomic E-state index is 12.1. The zero-order valence-electron chi connectivity index (χ0n) is 13.6. The van der Waals surface area contributed by atoms with Crippen molar-refractivity contribution in [1.82, 2.24) is 15.1 Å². The van der Waals surface area contributed by atoms with Crippen molar-refractivity contribution in [2.24, 2.45) is 0 Å². The van der Waals surface area contributed by atoms with Crippen LogP contribution in [0.3, 0.4) is 0 Å². The average molecular weight is 311 g/mol. The molecule has 0 aromatic rings. The van der Waals surface area contributed by atoms with E-state index >= 15 is 0 Å². The van der Waals surface area contributed by atoms with Crippen molar-refractivity contribution in [3.63, 3.8) is 0 Å². The van der Waals surface area contributed by atoms with Crippen LogP contribution in [0.1, 0.15) is 33.6 Å². The van der Waals surface area contributed by atoms with Gasteiger partial charge in [0.1, 0.15) is 5.60 Å². The van der Waals surface area contributed by atoms with Crippen LogP contribution in [0, 0.1) is 0 Å². The van der Waals surface area contributed by atoms with Gasteiger partial charge in [0, 0.05) is 12.6 Å². The monoisotopic (exact) mass is 311 g/mol. The highest BCUT2D eigenvalue weighted by Gasteiger charge is 2.56. The van der Waals surface area contributed by atoms with Gasteiger partial charge in [-0.15, -0.1) is 0 Å². The second-order valence-electron chi connectivity index (χ2n) is 7.52. The summed E-state index contributed by atoms with van der Waals surface area (Å²) in [6.45, 7) is 8.76. The van der Waals surface area contributed by atoms with Crippen LogP contribution in [0.15, 0.2) is 0 Å². The van der Waals surface area contributed by atoms with Gasteiger partial charge in [-0.25, -0.2) is 9.59 Å². The van der Waals surface area contributed by atoms with Gasteiger partial charge in [-0.2, -0.15) is 0 Å². The van der Waals surface area contributed by atoms with Crippen LogP contribution in [0.4, 0.5) is 9.59 Å². The molecule has 3 heterocycles. The van der Waals surface area contributed by atoms with Crippen LogP contribution in [-0.4, -0.2) is 72.0 Å². The molecule has 22 heavy (non-hydrogen) atoms. The van der Waals surface area contributed by atoms with Gasteiger partial charge < -0.3 is 14.8 Å². The number of piperidine rings is 1. The van der Waals surface area contributed by atoms with Crippen LogP contribution in [0.5, 0.6) is 0 Å². The largest absolute Gasteiger partial charge is 0.444 e. The molecule has 0 radical (unpaired) electrons. The fourth-order valence-corrected chi connectivity index (χ4v) is 3.30. The third-order valence-corrected chi connectivity index (χ3v) is 4.32. The summed E-state index contributed by atoms with van der Waals surface area (Å²) >= 11 is 0. The Labute approximate surface area is 130 Å². The van der Waals surface area contributed by atoms with Crippen molar-refractivity contribution in [3.05, 3.63) is 0 Å². The van der Waals surface area contributed by atoms with Crippen LogP contribution in [-0.2, 0) is 9.47 Å². The van der Waals surface area contributed by atoms with E-state index in [9.17, 15) is 9.59 Å². The number of nitrogens with one attached hydrogen (secondary N) is 1. The Bertz CT molecular complexity index is 462. The number of carbonyl (C=O) groups is 2. The zero-order chi connectivity index (χ0) is 16.0. The minimum Gasteiger partial charge on any atom is -0.444 e. The average Bonchev–Trinajstić information content (AvgIpc) is 2.74. The molecule has 3 rings (SSSR count). The van der Waals surface area contributed by atoms with Gasteiger partial charge in [0.25, 0.3) is 0 Å². The summed E-state index contributed by atoms with van der Waals surface area (Å²) in [4.78, 5) is 27.5. The number of likely N-dealkylation sites (tertiary alicyclic amines) is 1. The maximum Gasteiger partial charge on any atom is 0.410 e. The fraction of sp³-hybridized carbons (Fsp3) is 0.867. The van der Waals surface area contributed by atoms with Crippen molar-refractivity contribution in [2.75, 3.05) is 32.7 Å². The summed E-state index contributed by atoms with van der Waals surface area (Å²) in [6, 6.07) is 0.205. The number of ether oxygens (including phenoxy) is 2. The topological polar surface area (TPSA) is 71.1 Å². The number of amides is 2. The molecule has 0 aliphatic carbocycles. The minimum atomic E-state index is -0.536. The Hall–Kier alpha value is -1.50. The van der Waals surface area contributed by atoms with E-state index in [-0.39, 0.29) is 18.2 Å². The van der Waals surface area contributed by atoms with Gasteiger partial charge in [0.2, 0.25) is 0 Å². The summed E-state index contributed by atoms with van der Waals surface area (Å²) in [6.07, 6.45) is 1.49. The van der Waals surface area contributed by atoms with E-state index in [1.807, 2.05) is 25.7 Å². The van der Waals surface area contributed by atoms with Crippen molar-refractivity contribution in [2.45, 2.75) is 50.9 Å². The van der Waals surface area contributed by atoms with Gasteiger partial charge in [-0.1, -0.05) is 0 Å². The highest BCUT2D eigenvalue weighted by atomic mass is 16.6.